The van der Waals surface area contributed by atoms with E-state index in [9.17, 15) is 18.3 Å². The molecule has 4 aliphatic rings. The maximum Gasteiger partial charge on any atom is 0.407 e. The van der Waals surface area contributed by atoms with Gasteiger partial charge >= 0.3 is 6.18 Å². The molecular weight excluding hydrogens is 255 g/mol. The molecule has 4 aliphatic carbocycles. The van der Waals surface area contributed by atoms with Gasteiger partial charge in [-0.05, 0) is 74.0 Å². The largest absolute Gasteiger partial charge is 0.862 e. The molecule has 0 aromatic rings. The van der Waals surface area contributed by atoms with E-state index in [1.165, 1.54) is 19.3 Å². The lowest BCUT2D eigenvalue weighted by Crippen LogP contribution is -2.48. The molecule has 2 nitrogen and oxygen atoms in total. The van der Waals surface area contributed by atoms with Gasteiger partial charge in [-0.3, -0.25) is 4.99 Å². The molecule has 0 aromatic carbocycles. The van der Waals surface area contributed by atoms with Crippen molar-refractivity contribution in [3.05, 3.63) is 0 Å². The Morgan fingerprint density at radius 1 is 1.05 bits per heavy atom. The van der Waals surface area contributed by atoms with Gasteiger partial charge in [-0.25, -0.2) is 0 Å². The summed E-state index contributed by atoms with van der Waals surface area (Å²) in [6.45, 7) is -1.32. The Labute approximate surface area is 111 Å². The van der Waals surface area contributed by atoms with Gasteiger partial charge in [0.15, 0.2) is 0 Å². The van der Waals surface area contributed by atoms with Crippen LogP contribution in [0, 0.1) is 23.2 Å². The van der Waals surface area contributed by atoms with Crippen LogP contribution in [0.4, 0.5) is 13.2 Å². The second kappa shape index (κ2) is 4.38. The van der Waals surface area contributed by atoms with E-state index in [4.69, 9.17) is 0 Å². The Hall–Kier alpha value is -0.740. The molecule has 0 atom stereocenters. The van der Waals surface area contributed by atoms with Crippen LogP contribution in [0.5, 0.6) is 0 Å². The molecule has 5 heteroatoms. The van der Waals surface area contributed by atoms with Crippen LogP contribution in [0.1, 0.15) is 44.9 Å². The molecule has 4 rings (SSSR count). The summed E-state index contributed by atoms with van der Waals surface area (Å²) in [6.07, 6.45) is 2.79. The number of hydrogen-bond acceptors (Lipinski definition) is 2. The minimum Gasteiger partial charge on any atom is -0.862 e. The highest BCUT2D eigenvalue weighted by atomic mass is 19.4. The molecule has 0 aromatic heterocycles. The average Bonchev–Trinajstić information content (AvgIpc) is 2.22. The van der Waals surface area contributed by atoms with Crippen LogP contribution in [0.25, 0.3) is 0 Å². The Morgan fingerprint density at radius 2 is 1.53 bits per heavy atom. The van der Waals surface area contributed by atoms with Crippen LogP contribution in [-0.4, -0.2) is 18.6 Å². The van der Waals surface area contributed by atoms with E-state index in [1.54, 1.807) is 0 Å². The van der Waals surface area contributed by atoms with Gasteiger partial charge in [0.1, 0.15) is 6.54 Å². The van der Waals surface area contributed by atoms with E-state index in [0.29, 0.717) is 17.8 Å². The third-order valence-corrected chi connectivity index (χ3v) is 5.13. The molecule has 4 fully saturated rings. The molecule has 0 heterocycles. The first-order chi connectivity index (χ1) is 8.84. The Bertz CT molecular complexity index is 353. The van der Waals surface area contributed by atoms with Crippen LogP contribution < -0.4 is 5.11 Å². The summed E-state index contributed by atoms with van der Waals surface area (Å²) in [7, 11) is 0. The number of hydrogen-bond donors (Lipinski definition) is 0. The van der Waals surface area contributed by atoms with Crippen molar-refractivity contribution in [3.63, 3.8) is 0 Å². The molecule has 0 unspecified atom stereocenters. The standard InChI is InChI=1S/C14H20F3NO/c15-14(16,17)8-18-12(19)7-13-4-9-1-10(5-13)3-11(2-9)6-13/h9-11H,1-8H2,(H,18,19)/p-1. The first-order valence-corrected chi connectivity index (χ1v) is 7.11. The molecule has 0 saturated heterocycles. The average molecular weight is 274 g/mol. The predicted octanol–water partition coefficient (Wildman–Crippen LogP) is 2.91. The Balaban J connectivity index is 1.66. The van der Waals surface area contributed by atoms with E-state index in [1.807, 2.05) is 0 Å². The van der Waals surface area contributed by atoms with E-state index < -0.39 is 18.6 Å². The second-order valence-corrected chi connectivity index (χ2v) is 6.92. The summed E-state index contributed by atoms with van der Waals surface area (Å²) in [5.41, 5.74) is -0.0130. The van der Waals surface area contributed by atoms with Crippen LogP contribution >= 0.6 is 0 Å². The van der Waals surface area contributed by atoms with E-state index in [0.717, 1.165) is 19.3 Å². The SMILES string of the molecule is [O-]C(CC12CC3CC(CC(C3)C1)C2)=NCC(F)(F)F. The van der Waals surface area contributed by atoms with Crippen molar-refractivity contribution in [1.29, 1.82) is 0 Å². The summed E-state index contributed by atoms with van der Waals surface area (Å²) >= 11 is 0. The van der Waals surface area contributed by atoms with E-state index in [2.05, 4.69) is 4.99 Å². The predicted molar refractivity (Wildman–Crippen MR) is 63.6 cm³/mol. The summed E-state index contributed by atoms with van der Waals surface area (Å²) < 4.78 is 36.2. The van der Waals surface area contributed by atoms with Crippen LogP contribution in [0.3, 0.4) is 0 Å². The van der Waals surface area contributed by atoms with Gasteiger partial charge in [0.25, 0.3) is 0 Å². The van der Waals surface area contributed by atoms with Crippen molar-refractivity contribution < 1.29 is 18.3 Å². The van der Waals surface area contributed by atoms with Crippen LogP contribution in [0.2, 0.25) is 0 Å². The van der Waals surface area contributed by atoms with Crippen molar-refractivity contribution in [1.82, 2.24) is 0 Å². The van der Waals surface area contributed by atoms with Gasteiger partial charge in [-0.15, -0.1) is 0 Å². The number of aliphatic imine (C=N–C) groups is 1. The maximum atomic E-state index is 12.1. The number of rotatable bonds is 3. The first kappa shape index (κ1) is 13.3. The smallest absolute Gasteiger partial charge is 0.407 e. The van der Waals surface area contributed by atoms with E-state index in [-0.39, 0.29) is 11.8 Å². The summed E-state index contributed by atoms with van der Waals surface area (Å²) in [5, 5.41) is 11.7. The molecule has 0 spiro atoms. The topological polar surface area (TPSA) is 35.4 Å². The molecule has 0 aliphatic heterocycles. The highest BCUT2D eigenvalue weighted by molar-refractivity contribution is 5.72. The van der Waals surface area contributed by atoms with E-state index >= 15 is 0 Å². The van der Waals surface area contributed by atoms with Gasteiger partial charge in [0, 0.05) is 0 Å². The normalized spacial score (nSPS) is 41.8. The number of alkyl halides is 3. The zero-order valence-electron chi connectivity index (χ0n) is 10.9. The Kier molecular flexibility index (Phi) is 3.06. The fraction of sp³-hybridized carbons (Fsp3) is 0.929. The lowest BCUT2D eigenvalue weighted by molar-refractivity contribution is -0.226. The zero-order valence-corrected chi connectivity index (χ0v) is 10.9. The fourth-order valence-electron chi connectivity index (χ4n) is 5.06. The van der Waals surface area contributed by atoms with Gasteiger partial charge < -0.3 is 5.11 Å². The van der Waals surface area contributed by atoms with Crippen molar-refractivity contribution in [3.8, 4) is 0 Å². The summed E-state index contributed by atoms with van der Waals surface area (Å²) in [4.78, 5) is 3.21. The number of halogens is 3. The minimum absolute atomic E-state index is 0.0130. The summed E-state index contributed by atoms with van der Waals surface area (Å²) in [5.74, 6) is 1.59. The van der Waals surface area contributed by atoms with Gasteiger partial charge in [0.2, 0.25) is 0 Å². The lowest BCUT2D eigenvalue weighted by atomic mass is 9.49. The molecule has 0 N–H and O–H groups in total. The molecular formula is C14H19F3NO-. The second-order valence-electron chi connectivity index (χ2n) is 6.92. The van der Waals surface area contributed by atoms with Gasteiger partial charge in [-0.2, -0.15) is 13.2 Å². The lowest BCUT2D eigenvalue weighted by Gasteiger charge is -2.57. The molecule has 4 bridgehead atoms. The molecule has 108 valence electrons. The third kappa shape index (κ3) is 2.90. The highest BCUT2D eigenvalue weighted by Crippen LogP contribution is 2.61. The van der Waals surface area contributed by atoms with Crippen molar-refractivity contribution in [2.75, 3.05) is 6.54 Å². The quantitative estimate of drug-likeness (QED) is 0.575. The van der Waals surface area contributed by atoms with Crippen LogP contribution in [0.15, 0.2) is 4.99 Å². The van der Waals surface area contributed by atoms with Crippen molar-refractivity contribution in [2.24, 2.45) is 28.2 Å². The monoisotopic (exact) mass is 274 g/mol. The molecule has 0 radical (unpaired) electrons. The highest BCUT2D eigenvalue weighted by Gasteiger charge is 2.50. The fourth-order valence-corrected chi connectivity index (χ4v) is 5.06. The van der Waals surface area contributed by atoms with Crippen LogP contribution in [-0.2, 0) is 0 Å². The third-order valence-electron chi connectivity index (χ3n) is 5.13. The maximum absolute atomic E-state index is 12.1. The molecule has 0 amide bonds. The zero-order chi connectivity index (χ0) is 13.7. The van der Waals surface area contributed by atoms with Crippen molar-refractivity contribution >= 4 is 5.90 Å². The molecule has 19 heavy (non-hydrogen) atoms. The summed E-state index contributed by atoms with van der Waals surface area (Å²) in [6, 6.07) is 0. The number of nitrogens with zero attached hydrogens (tertiary/aromatic N) is 1. The van der Waals surface area contributed by atoms with Crippen molar-refractivity contribution in [2.45, 2.75) is 51.1 Å². The van der Waals surface area contributed by atoms with Gasteiger partial charge in [-0.1, -0.05) is 0 Å². The first-order valence-electron chi connectivity index (χ1n) is 7.11. The Morgan fingerprint density at radius 3 is 1.95 bits per heavy atom. The van der Waals surface area contributed by atoms with Gasteiger partial charge in [0.05, 0.1) is 0 Å². The molecule has 4 saturated carbocycles. The minimum atomic E-state index is -4.36.